The van der Waals surface area contributed by atoms with E-state index in [1.807, 2.05) is 19.0 Å². The fraction of sp³-hybridized carbons (Fsp3) is 0.400. The Morgan fingerprint density at radius 1 is 1.45 bits per heavy atom. The van der Waals surface area contributed by atoms with Crippen LogP contribution in [0.3, 0.4) is 0 Å². The lowest BCUT2D eigenvalue weighted by atomic mass is 10.1. The van der Waals surface area contributed by atoms with Crippen LogP contribution in [-0.4, -0.2) is 48.7 Å². The van der Waals surface area contributed by atoms with Gasteiger partial charge in [0.15, 0.2) is 0 Å². The maximum Gasteiger partial charge on any atom is 0.244 e. The van der Waals surface area contributed by atoms with E-state index in [0.29, 0.717) is 12.1 Å². The molecule has 4 nitrogen and oxygen atoms in total. The van der Waals surface area contributed by atoms with Crippen molar-refractivity contribution < 1.29 is 14.3 Å². The number of carbonyl (C=O) groups is 1. The monoisotopic (exact) mass is 280 g/mol. The topological polar surface area (TPSA) is 52.6 Å². The number of nitrogens with one attached hydrogen (secondary N) is 1. The van der Waals surface area contributed by atoms with Crippen molar-refractivity contribution in [3.05, 3.63) is 41.7 Å². The maximum atomic E-state index is 13.3. The van der Waals surface area contributed by atoms with Crippen molar-refractivity contribution in [3.8, 4) is 0 Å². The SMILES string of the molecule is CN(C)CC(C)(O)CNC(=O)/C=C/c1ccccc1F. The average molecular weight is 280 g/mol. The Labute approximate surface area is 118 Å². The Kier molecular flexibility index (Phi) is 5.85. The fourth-order valence-electron chi connectivity index (χ4n) is 1.85. The first kappa shape index (κ1) is 16.3. The van der Waals surface area contributed by atoms with E-state index in [4.69, 9.17) is 0 Å². The molecule has 1 unspecified atom stereocenters. The second-order valence-corrected chi connectivity index (χ2v) is 5.31. The van der Waals surface area contributed by atoms with Crippen molar-refractivity contribution in [2.24, 2.45) is 0 Å². The van der Waals surface area contributed by atoms with Crippen molar-refractivity contribution in [2.75, 3.05) is 27.2 Å². The highest BCUT2D eigenvalue weighted by Gasteiger charge is 2.21. The van der Waals surface area contributed by atoms with Crippen LogP contribution in [0.2, 0.25) is 0 Å². The van der Waals surface area contributed by atoms with Gasteiger partial charge in [0.25, 0.3) is 0 Å². The molecule has 5 heteroatoms. The second kappa shape index (κ2) is 7.17. The van der Waals surface area contributed by atoms with E-state index < -0.39 is 5.60 Å². The fourth-order valence-corrected chi connectivity index (χ4v) is 1.85. The van der Waals surface area contributed by atoms with Crippen LogP contribution in [0.15, 0.2) is 30.3 Å². The number of carbonyl (C=O) groups excluding carboxylic acids is 1. The molecule has 0 bridgehead atoms. The van der Waals surface area contributed by atoms with Crippen LogP contribution in [0, 0.1) is 5.82 Å². The number of aliphatic hydroxyl groups is 1. The average Bonchev–Trinajstić information content (AvgIpc) is 2.34. The van der Waals surface area contributed by atoms with Gasteiger partial charge < -0.3 is 15.3 Å². The molecule has 1 rings (SSSR count). The lowest BCUT2D eigenvalue weighted by Gasteiger charge is -2.26. The van der Waals surface area contributed by atoms with Crippen molar-refractivity contribution in [1.29, 1.82) is 0 Å². The van der Waals surface area contributed by atoms with Gasteiger partial charge in [0.1, 0.15) is 5.82 Å². The summed E-state index contributed by atoms with van der Waals surface area (Å²) in [4.78, 5) is 13.4. The van der Waals surface area contributed by atoms with Crippen LogP contribution >= 0.6 is 0 Å². The standard InChI is InChI=1S/C15H21FN2O2/c1-15(20,11-18(2)3)10-17-14(19)9-8-12-6-4-5-7-13(12)16/h4-9,20H,10-11H2,1-3H3,(H,17,19)/b9-8+. The van der Waals surface area contributed by atoms with Gasteiger partial charge in [-0.25, -0.2) is 4.39 Å². The molecule has 20 heavy (non-hydrogen) atoms. The van der Waals surface area contributed by atoms with Gasteiger partial charge in [0.05, 0.1) is 5.60 Å². The second-order valence-electron chi connectivity index (χ2n) is 5.31. The molecule has 0 aliphatic rings. The van der Waals surface area contributed by atoms with Gasteiger partial charge in [0, 0.05) is 24.7 Å². The molecule has 0 fully saturated rings. The van der Waals surface area contributed by atoms with E-state index in [-0.39, 0.29) is 18.3 Å². The largest absolute Gasteiger partial charge is 0.387 e. The van der Waals surface area contributed by atoms with Gasteiger partial charge >= 0.3 is 0 Å². The first-order valence-electron chi connectivity index (χ1n) is 6.38. The van der Waals surface area contributed by atoms with E-state index in [2.05, 4.69) is 5.32 Å². The zero-order valence-corrected chi connectivity index (χ0v) is 12.1. The first-order valence-corrected chi connectivity index (χ1v) is 6.38. The Hall–Kier alpha value is -1.72. The van der Waals surface area contributed by atoms with Gasteiger partial charge in [-0.1, -0.05) is 18.2 Å². The summed E-state index contributed by atoms with van der Waals surface area (Å²) in [5.74, 6) is -0.747. The summed E-state index contributed by atoms with van der Waals surface area (Å²) in [5, 5.41) is 12.6. The molecule has 1 aromatic rings. The minimum absolute atomic E-state index is 0.131. The summed E-state index contributed by atoms with van der Waals surface area (Å²) in [5.41, 5.74) is -0.659. The maximum absolute atomic E-state index is 13.3. The number of benzene rings is 1. The number of amides is 1. The van der Waals surface area contributed by atoms with Crippen LogP contribution in [0.1, 0.15) is 12.5 Å². The molecular weight excluding hydrogens is 259 g/mol. The molecule has 1 amide bonds. The van der Waals surface area contributed by atoms with E-state index in [0.717, 1.165) is 0 Å². The number of nitrogens with zero attached hydrogens (tertiary/aromatic N) is 1. The molecule has 110 valence electrons. The normalized spacial score (nSPS) is 14.5. The zero-order valence-electron chi connectivity index (χ0n) is 12.1. The number of halogens is 1. The molecule has 1 atom stereocenters. The number of hydrogen-bond acceptors (Lipinski definition) is 3. The van der Waals surface area contributed by atoms with Crippen LogP contribution in [0.5, 0.6) is 0 Å². The Morgan fingerprint density at radius 2 is 2.10 bits per heavy atom. The molecule has 0 saturated carbocycles. The third-order valence-corrected chi connectivity index (χ3v) is 2.62. The summed E-state index contributed by atoms with van der Waals surface area (Å²) >= 11 is 0. The molecule has 0 radical (unpaired) electrons. The van der Waals surface area contributed by atoms with E-state index >= 15 is 0 Å². The highest BCUT2D eigenvalue weighted by molar-refractivity contribution is 5.91. The molecule has 0 aromatic heterocycles. The van der Waals surface area contributed by atoms with E-state index in [1.54, 1.807) is 25.1 Å². The molecule has 0 aliphatic carbocycles. The third kappa shape index (κ3) is 5.95. The van der Waals surface area contributed by atoms with Crippen molar-refractivity contribution in [1.82, 2.24) is 10.2 Å². The lowest BCUT2D eigenvalue weighted by Crippen LogP contribution is -2.46. The van der Waals surface area contributed by atoms with Crippen LogP contribution in [0.25, 0.3) is 6.08 Å². The number of rotatable bonds is 6. The first-order chi connectivity index (χ1) is 9.30. The predicted molar refractivity (Wildman–Crippen MR) is 77.6 cm³/mol. The highest BCUT2D eigenvalue weighted by Crippen LogP contribution is 2.08. The molecule has 2 N–H and O–H groups in total. The summed E-state index contributed by atoms with van der Waals surface area (Å²) < 4.78 is 13.3. The van der Waals surface area contributed by atoms with Gasteiger partial charge in [-0.2, -0.15) is 0 Å². The van der Waals surface area contributed by atoms with Gasteiger partial charge in [-0.3, -0.25) is 4.79 Å². The van der Waals surface area contributed by atoms with Crippen molar-refractivity contribution in [2.45, 2.75) is 12.5 Å². The molecular formula is C15H21FN2O2. The summed E-state index contributed by atoms with van der Waals surface area (Å²) in [6.45, 7) is 2.21. The highest BCUT2D eigenvalue weighted by atomic mass is 19.1. The zero-order chi connectivity index (χ0) is 15.2. The van der Waals surface area contributed by atoms with Crippen molar-refractivity contribution in [3.63, 3.8) is 0 Å². The van der Waals surface area contributed by atoms with Gasteiger partial charge in [-0.05, 0) is 33.2 Å². The van der Waals surface area contributed by atoms with E-state index in [9.17, 15) is 14.3 Å². The Bertz CT molecular complexity index is 485. The molecule has 0 spiro atoms. The van der Waals surface area contributed by atoms with Crippen molar-refractivity contribution >= 4 is 12.0 Å². The van der Waals surface area contributed by atoms with Crippen LogP contribution in [0.4, 0.5) is 4.39 Å². The van der Waals surface area contributed by atoms with Crippen LogP contribution < -0.4 is 5.32 Å². The molecule has 0 saturated heterocycles. The quantitative estimate of drug-likeness (QED) is 0.772. The number of hydrogen-bond donors (Lipinski definition) is 2. The third-order valence-electron chi connectivity index (χ3n) is 2.62. The summed E-state index contributed by atoms with van der Waals surface area (Å²) in [6.07, 6.45) is 2.66. The summed E-state index contributed by atoms with van der Waals surface area (Å²) in [7, 11) is 3.68. The smallest absolute Gasteiger partial charge is 0.244 e. The molecule has 0 heterocycles. The van der Waals surface area contributed by atoms with Crippen LogP contribution in [-0.2, 0) is 4.79 Å². The molecule has 0 aliphatic heterocycles. The summed E-state index contributed by atoms with van der Waals surface area (Å²) in [6, 6.07) is 6.20. The number of likely N-dealkylation sites (N-methyl/N-ethyl adjacent to an activating group) is 1. The minimum Gasteiger partial charge on any atom is -0.387 e. The van der Waals surface area contributed by atoms with Gasteiger partial charge in [0.2, 0.25) is 5.91 Å². The van der Waals surface area contributed by atoms with E-state index in [1.165, 1.54) is 18.2 Å². The minimum atomic E-state index is -1.01. The predicted octanol–water partition coefficient (Wildman–Crippen LogP) is 1.27. The lowest BCUT2D eigenvalue weighted by molar-refractivity contribution is -0.117. The Balaban J connectivity index is 2.50. The van der Waals surface area contributed by atoms with Gasteiger partial charge in [-0.15, -0.1) is 0 Å². The molecule has 1 aromatic carbocycles. The Morgan fingerprint density at radius 3 is 2.70 bits per heavy atom.